The highest BCUT2D eigenvalue weighted by Gasteiger charge is 2.58. The van der Waals surface area contributed by atoms with Crippen LogP contribution in [-0.4, -0.2) is 0 Å². The van der Waals surface area contributed by atoms with Crippen molar-refractivity contribution in [1.82, 2.24) is 0 Å². The van der Waals surface area contributed by atoms with Crippen LogP contribution in [0.5, 0.6) is 0 Å². The van der Waals surface area contributed by atoms with E-state index in [1.165, 1.54) is 25.7 Å². The molecule has 0 heterocycles. The molecule has 0 aromatic heterocycles. The van der Waals surface area contributed by atoms with E-state index in [1.807, 2.05) is 0 Å². The molecule has 4 bridgehead atoms. The molecule has 4 fully saturated rings. The van der Waals surface area contributed by atoms with Gasteiger partial charge >= 0.3 is 0 Å². The Bertz CT molecular complexity index is 201. The number of hydrogen-bond acceptors (Lipinski definition) is 0. The van der Waals surface area contributed by atoms with Gasteiger partial charge in [-0.1, -0.05) is 27.7 Å². The molecule has 4 saturated carbocycles. The van der Waals surface area contributed by atoms with Gasteiger partial charge in [-0.25, -0.2) is 0 Å². The summed E-state index contributed by atoms with van der Waals surface area (Å²) in [5.41, 5.74) is 1.34. The van der Waals surface area contributed by atoms with E-state index in [-0.39, 0.29) is 0 Å². The average Bonchev–Trinajstić information content (AvgIpc) is 1.98. The Morgan fingerprint density at radius 1 is 0.571 bits per heavy atom. The van der Waals surface area contributed by atoms with Crippen molar-refractivity contribution in [1.29, 1.82) is 0 Å². The fraction of sp³-hybridized carbons (Fsp3) is 1.00. The summed E-state index contributed by atoms with van der Waals surface area (Å²) in [6.07, 6.45) is 6.14. The highest BCUT2D eigenvalue weighted by Crippen LogP contribution is 2.67. The first-order valence-corrected chi connectivity index (χ1v) is 6.42. The second-order valence-corrected chi connectivity index (χ2v) is 7.37. The molecule has 0 aromatic rings. The lowest BCUT2D eigenvalue weighted by molar-refractivity contribution is -0.156. The third-order valence-electron chi connectivity index (χ3n) is 6.48. The maximum absolute atomic E-state index is 2.53. The van der Waals surface area contributed by atoms with Crippen molar-refractivity contribution >= 4 is 0 Å². The van der Waals surface area contributed by atoms with Crippen LogP contribution < -0.4 is 0 Å². The Hall–Kier alpha value is 0. The molecule has 0 nitrogen and oxygen atoms in total. The SMILES string of the molecule is CC1(C)C2CC3CC1CC(C2)C3(C)C. The topological polar surface area (TPSA) is 0 Å². The van der Waals surface area contributed by atoms with Crippen LogP contribution in [0.2, 0.25) is 0 Å². The van der Waals surface area contributed by atoms with Gasteiger partial charge in [0.15, 0.2) is 0 Å². The van der Waals surface area contributed by atoms with Crippen LogP contribution in [0.25, 0.3) is 0 Å². The summed E-state index contributed by atoms with van der Waals surface area (Å²) >= 11 is 0. The molecule has 0 amide bonds. The third kappa shape index (κ3) is 0.907. The van der Waals surface area contributed by atoms with E-state index in [0.717, 1.165) is 23.7 Å². The Morgan fingerprint density at radius 2 is 0.786 bits per heavy atom. The van der Waals surface area contributed by atoms with Crippen molar-refractivity contribution in [3.05, 3.63) is 0 Å². The van der Waals surface area contributed by atoms with E-state index < -0.39 is 0 Å². The first-order chi connectivity index (χ1) is 6.42. The van der Waals surface area contributed by atoms with Gasteiger partial charge in [0, 0.05) is 0 Å². The van der Waals surface area contributed by atoms with Crippen LogP contribution in [0.15, 0.2) is 0 Å². The minimum atomic E-state index is 0.670. The van der Waals surface area contributed by atoms with Crippen molar-refractivity contribution in [2.45, 2.75) is 53.4 Å². The summed E-state index contributed by atoms with van der Waals surface area (Å²) in [7, 11) is 0. The lowest BCUT2D eigenvalue weighted by Gasteiger charge is -2.65. The van der Waals surface area contributed by atoms with Crippen molar-refractivity contribution in [2.24, 2.45) is 34.5 Å². The van der Waals surface area contributed by atoms with Crippen LogP contribution >= 0.6 is 0 Å². The molecule has 0 N–H and O–H groups in total. The fourth-order valence-electron chi connectivity index (χ4n) is 4.86. The second kappa shape index (κ2) is 2.39. The Morgan fingerprint density at radius 3 is 1.00 bits per heavy atom. The minimum absolute atomic E-state index is 0.670. The van der Waals surface area contributed by atoms with E-state index >= 15 is 0 Å². The second-order valence-electron chi connectivity index (χ2n) is 7.37. The van der Waals surface area contributed by atoms with Crippen molar-refractivity contribution in [3.63, 3.8) is 0 Å². The lowest BCUT2D eigenvalue weighted by atomic mass is 9.40. The van der Waals surface area contributed by atoms with Gasteiger partial charge in [0.2, 0.25) is 0 Å². The van der Waals surface area contributed by atoms with Crippen molar-refractivity contribution < 1.29 is 0 Å². The van der Waals surface area contributed by atoms with E-state index in [2.05, 4.69) is 27.7 Å². The molecule has 80 valence electrons. The third-order valence-corrected chi connectivity index (χ3v) is 6.48. The van der Waals surface area contributed by atoms with E-state index in [9.17, 15) is 0 Å². The molecular weight excluding hydrogens is 168 g/mol. The average molecular weight is 192 g/mol. The van der Waals surface area contributed by atoms with Crippen LogP contribution in [0, 0.1) is 34.5 Å². The van der Waals surface area contributed by atoms with Crippen LogP contribution in [-0.2, 0) is 0 Å². The summed E-state index contributed by atoms with van der Waals surface area (Å²) in [6.45, 7) is 10.1. The highest BCUT2D eigenvalue weighted by molar-refractivity contribution is 5.08. The Kier molecular flexibility index (Phi) is 1.58. The van der Waals surface area contributed by atoms with Crippen molar-refractivity contribution in [3.8, 4) is 0 Å². The van der Waals surface area contributed by atoms with Crippen LogP contribution in [0.1, 0.15) is 53.4 Å². The largest absolute Gasteiger partial charge is 0.0594 e. The molecular formula is C14H24. The van der Waals surface area contributed by atoms with Gasteiger partial charge in [-0.15, -0.1) is 0 Å². The van der Waals surface area contributed by atoms with Gasteiger partial charge in [0.25, 0.3) is 0 Å². The van der Waals surface area contributed by atoms with Gasteiger partial charge in [0.1, 0.15) is 0 Å². The summed E-state index contributed by atoms with van der Waals surface area (Å²) < 4.78 is 0. The number of rotatable bonds is 0. The van der Waals surface area contributed by atoms with Crippen molar-refractivity contribution in [2.75, 3.05) is 0 Å². The summed E-state index contributed by atoms with van der Waals surface area (Å²) in [6, 6.07) is 0. The van der Waals surface area contributed by atoms with E-state index in [0.29, 0.717) is 10.8 Å². The normalized spacial score (nSPS) is 52.3. The van der Waals surface area contributed by atoms with Gasteiger partial charge in [-0.2, -0.15) is 0 Å². The number of hydrogen-bond donors (Lipinski definition) is 0. The first kappa shape index (κ1) is 9.24. The zero-order valence-corrected chi connectivity index (χ0v) is 10.1. The molecule has 4 aliphatic carbocycles. The zero-order valence-electron chi connectivity index (χ0n) is 10.1. The molecule has 0 unspecified atom stereocenters. The molecule has 0 saturated heterocycles. The van der Waals surface area contributed by atoms with Crippen LogP contribution in [0.4, 0.5) is 0 Å². The van der Waals surface area contributed by atoms with E-state index in [4.69, 9.17) is 0 Å². The van der Waals surface area contributed by atoms with Crippen LogP contribution in [0.3, 0.4) is 0 Å². The van der Waals surface area contributed by atoms with Gasteiger partial charge in [0.05, 0.1) is 0 Å². The highest BCUT2D eigenvalue weighted by atomic mass is 14.6. The standard InChI is InChI=1S/C14H24/c1-13(2)9-5-11-7-10(13)8-12(6-9)14(11,3)4/h9-12H,5-8H2,1-4H3. The summed E-state index contributed by atoms with van der Waals surface area (Å²) in [5, 5.41) is 0. The lowest BCUT2D eigenvalue weighted by Crippen LogP contribution is -2.57. The van der Waals surface area contributed by atoms with Gasteiger partial charge in [-0.05, 0) is 60.2 Å². The summed E-state index contributed by atoms with van der Waals surface area (Å²) in [5.74, 6) is 4.21. The maximum Gasteiger partial charge on any atom is -0.0297 e. The monoisotopic (exact) mass is 192 g/mol. The summed E-state index contributed by atoms with van der Waals surface area (Å²) in [4.78, 5) is 0. The van der Waals surface area contributed by atoms with E-state index in [1.54, 1.807) is 0 Å². The zero-order chi connectivity index (χ0) is 10.1. The molecule has 4 aliphatic rings. The quantitative estimate of drug-likeness (QED) is 0.542. The smallest absolute Gasteiger partial charge is 0.0297 e. The molecule has 4 rings (SSSR count). The van der Waals surface area contributed by atoms with Gasteiger partial charge < -0.3 is 0 Å². The molecule has 0 aliphatic heterocycles. The molecule has 0 atom stereocenters. The molecule has 0 radical (unpaired) electrons. The Labute approximate surface area is 88.5 Å². The maximum atomic E-state index is 2.53. The predicted octanol–water partition coefficient (Wildman–Crippen LogP) is 4.10. The molecule has 14 heavy (non-hydrogen) atoms. The first-order valence-electron chi connectivity index (χ1n) is 6.42. The molecule has 0 spiro atoms. The molecule has 0 aromatic carbocycles. The molecule has 0 heteroatoms. The minimum Gasteiger partial charge on any atom is -0.0594 e. The van der Waals surface area contributed by atoms with Gasteiger partial charge in [-0.3, -0.25) is 0 Å². The predicted molar refractivity (Wildman–Crippen MR) is 60.0 cm³/mol. The fourth-order valence-corrected chi connectivity index (χ4v) is 4.86. The Balaban J connectivity index is 1.98.